The Labute approximate surface area is 186 Å². The Kier molecular flexibility index (Phi) is 6.97. The van der Waals surface area contributed by atoms with Crippen LogP contribution in [0, 0.1) is 0 Å². The van der Waals surface area contributed by atoms with E-state index in [0.717, 1.165) is 23.1 Å². The fraction of sp³-hybridized carbons (Fsp3) is 0.0870. The van der Waals surface area contributed by atoms with E-state index in [0.29, 0.717) is 34.7 Å². The van der Waals surface area contributed by atoms with E-state index >= 15 is 0 Å². The third-order valence-corrected chi connectivity index (χ3v) is 4.70. The van der Waals surface area contributed by atoms with E-state index in [2.05, 4.69) is 20.6 Å². The summed E-state index contributed by atoms with van der Waals surface area (Å²) in [4.78, 5) is 29.2. The largest absolute Gasteiger partial charge is 0.416 e. The zero-order valence-electron chi connectivity index (χ0n) is 17.4. The highest BCUT2D eigenvalue weighted by molar-refractivity contribution is 5.96. The molecule has 0 fully saturated rings. The van der Waals surface area contributed by atoms with Crippen LogP contribution in [0.2, 0.25) is 0 Å². The second-order valence-electron chi connectivity index (χ2n) is 6.83. The van der Waals surface area contributed by atoms with Gasteiger partial charge in [0.05, 0.1) is 16.9 Å². The highest BCUT2D eigenvalue weighted by Gasteiger charge is 2.29. The minimum Gasteiger partial charge on any atom is -0.388 e. The van der Waals surface area contributed by atoms with Crippen LogP contribution in [0.1, 0.15) is 15.9 Å². The second kappa shape index (κ2) is 9.86. The summed E-state index contributed by atoms with van der Waals surface area (Å²) in [6.07, 6.45) is -1.95. The molecular formula is C23H20F3N5O2. The fourth-order valence-electron chi connectivity index (χ4n) is 3.01. The lowest BCUT2D eigenvalue weighted by molar-refractivity contribution is -0.137. The number of pyridine rings is 1. The number of carbonyl (C=O) groups excluding carboxylic acids is 2. The first-order chi connectivity index (χ1) is 15.7. The van der Waals surface area contributed by atoms with E-state index < -0.39 is 17.6 Å². The number of halogens is 3. The molecule has 2 amide bonds. The summed E-state index contributed by atoms with van der Waals surface area (Å²) in [5.41, 5.74) is 8.60. The molecule has 0 radical (unpaired) electrons. The van der Waals surface area contributed by atoms with Crippen LogP contribution in [-0.2, 0) is 11.0 Å². The Morgan fingerprint density at radius 2 is 1.82 bits per heavy atom. The van der Waals surface area contributed by atoms with Crippen molar-refractivity contribution in [1.29, 1.82) is 0 Å². The number of aromatic nitrogens is 2. The van der Waals surface area contributed by atoms with Crippen LogP contribution >= 0.6 is 0 Å². The molecule has 5 N–H and O–H groups in total. The van der Waals surface area contributed by atoms with Gasteiger partial charge in [0.15, 0.2) is 0 Å². The molecule has 0 saturated carbocycles. The van der Waals surface area contributed by atoms with Crippen LogP contribution in [0.25, 0.3) is 22.3 Å². The van der Waals surface area contributed by atoms with E-state index in [-0.39, 0.29) is 0 Å². The van der Waals surface area contributed by atoms with Crippen molar-refractivity contribution in [1.82, 2.24) is 9.97 Å². The number of nitrogens with two attached hydrogens (primary N) is 1. The number of rotatable bonds is 5. The monoisotopic (exact) mass is 455 g/mol. The Balaban J connectivity index is 0.000000218. The van der Waals surface area contributed by atoms with Crippen molar-refractivity contribution in [3.05, 3.63) is 78.0 Å². The third-order valence-electron chi connectivity index (χ3n) is 4.70. The third kappa shape index (κ3) is 5.67. The van der Waals surface area contributed by atoms with Crippen LogP contribution in [0.3, 0.4) is 0 Å². The van der Waals surface area contributed by atoms with Crippen LogP contribution in [-0.4, -0.2) is 29.3 Å². The number of nitrogens with zero attached hydrogens (tertiary/aromatic N) is 1. The van der Waals surface area contributed by atoms with E-state index in [4.69, 9.17) is 5.73 Å². The molecule has 4 rings (SSSR count). The number of amides is 2. The first kappa shape index (κ1) is 23.3. The van der Waals surface area contributed by atoms with Crippen molar-refractivity contribution in [2.24, 2.45) is 5.73 Å². The number of anilines is 2. The van der Waals surface area contributed by atoms with Crippen molar-refractivity contribution in [3.8, 4) is 11.3 Å². The topological polar surface area (TPSA) is 113 Å². The summed E-state index contributed by atoms with van der Waals surface area (Å²) < 4.78 is 36.0. The molecule has 2 aromatic carbocycles. The highest BCUT2D eigenvalue weighted by atomic mass is 19.4. The van der Waals surface area contributed by atoms with Gasteiger partial charge < -0.3 is 21.4 Å². The lowest BCUT2D eigenvalue weighted by Crippen LogP contribution is -2.10. The lowest BCUT2D eigenvalue weighted by atomic mass is 10.1. The summed E-state index contributed by atoms with van der Waals surface area (Å²) in [6, 6.07) is 15.5. The molecule has 0 aliphatic carbocycles. The minimum absolute atomic E-state index is 0.434. The predicted molar refractivity (Wildman–Crippen MR) is 121 cm³/mol. The van der Waals surface area contributed by atoms with Gasteiger partial charge in [-0.1, -0.05) is 12.1 Å². The molecule has 33 heavy (non-hydrogen) atoms. The van der Waals surface area contributed by atoms with Gasteiger partial charge >= 0.3 is 6.18 Å². The van der Waals surface area contributed by atoms with E-state index in [1.54, 1.807) is 31.4 Å². The summed E-state index contributed by atoms with van der Waals surface area (Å²) in [5, 5.41) is 6.16. The maximum Gasteiger partial charge on any atom is 0.416 e. The van der Waals surface area contributed by atoms with Gasteiger partial charge in [0, 0.05) is 35.4 Å². The maximum absolute atomic E-state index is 12.0. The quantitative estimate of drug-likeness (QED) is 0.328. The molecule has 0 aliphatic heterocycles. The maximum atomic E-state index is 12.0. The summed E-state index contributed by atoms with van der Waals surface area (Å²) >= 11 is 0. The zero-order chi connectivity index (χ0) is 24.0. The molecule has 7 nitrogen and oxygen atoms in total. The summed E-state index contributed by atoms with van der Waals surface area (Å²) in [5.74, 6) is -0.477. The first-order valence-electron chi connectivity index (χ1n) is 9.66. The number of alkyl halides is 3. The zero-order valence-corrected chi connectivity index (χ0v) is 17.4. The molecule has 10 heteroatoms. The number of fused-ring (bicyclic) bond motifs is 1. The molecule has 4 aromatic rings. The molecule has 0 aliphatic rings. The summed E-state index contributed by atoms with van der Waals surface area (Å²) in [7, 11) is 1.66. The summed E-state index contributed by atoms with van der Waals surface area (Å²) in [6.45, 7) is 0. The van der Waals surface area contributed by atoms with Gasteiger partial charge in [-0.2, -0.15) is 13.2 Å². The molecule has 0 bridgehead atoms. The lowest BCUT2D eigenvalue weighted by Gasteiger charge is -2.06. The average molecular weight is 455 g/mol. The van der Waals surface area contributed by atoms with Gasteiger partial charge in [-0.15, -0.1) is 0 Å². The molecule has 2 aromatic heterocycles. The molecular weight excluding hydrogens is 435 g/mol. The van der Waals surface area contributed by atoms with Crippen LogP contribution in [0.5, 0.6) is 0 Å². The standard InChI is InChI=1S/C15H12N4O2.C8H8F3N/c16-14(21)10-3-1-2-9(6-10)12-5-4-11-13(18-8-20)7-17-15(11)19-12;1-12-7-4-2-6(3-5-7)8(9,10)11/h1-8H,(H2,16,21)(H,17,19)(H,18,20);2-5,12H,1H3. The molecule has 170 valence electrons. The number of nitrogens with one attached hydrogen (secondary N) is 3. The van der Waals surface area contributed by atoms with E-state index in [1.807, 2.05) is 18.2 Å². The van der Waals surface area contributed by atoms with Crippen molar-refractivity contribution >= 4 is 34.7 Å². The Hall–Kier alpha value is -4.34. The second-order valence-corrected chi connectivity index (χ2v) is 6.83. The Morgan fingerprint density at radius 1 is 1.09 bits per heavy atom. The van der Waals surface area contributed by atoms with Gasteiger partial charge in [0.25, 0.3) is 0 Å². The minimum atomic E-state index is -4.24. The van der Waals surface area contributed by atoms with Gasteiger partial charge in [0.1, 0.15) is 5.65 Å². The van der Waals surface area contributed by atoms with Gasteiger partial charge in [0.2, 0.25) is 12.3 Å². The van der Waals surface area contributed by atoms with Gasteiger partial charge in [-0.3, -0.25) is 9.59 Å². The SMILES string of the molecule is CNc1ccc(C(F)(F)F)cc1.NC(=O)c1cccc(-c2ccc3c(NC=O)c[nH]c3n2)c1. The van der Waals surface area contributed by atoms with Crippen molar-refractivity contribution in [2.45, 2.75) is 6.18 Å². The number of H-pyrrole nitrogens is 1. The number of hydrogen-bond donors (Lipinski definition) is 4. The van der Waals surface area contributed by atoms with Crippen molar-refractivity contribution in [3.63, 3.8) is 0 Å². The van der Waals surface area contributed by atoms with Crippen LogP contribution in [0.4, 0.5) is 24.5 Å². The Morgan fingerprint density at radius 3 is 2.42 bits per heavy atom. The molecule has 0 saturated heterocycles. The van der Waals surface area contributed by atoms with Gasteiger partial charge in [-0.05, 0) is 48.5 Å². The van der Waals surface area contributed by atoms with E-state index in [9.17, 15) is 22.8 Å². The first-order valence-corrected chi connectivity index (χ1v) is 9.66. The van der Waals surface area contributed by atoms with E-state index in [1.165, 1.54) is 12.1 Å². The predicted octanol–water partition coefficient (Wildman–Crippen LogP) is 4.64. The smallest absolute Gasteiger partial charge is 0.388 e. The molecule has 0 unspecified atom stereocenters. The number of hydrogen-bond acceptors (Lipinski definition) is 4. The van der Waals surface area contributed by atoms with Crippen LogP contribution in [0.15, 0.2) is 66.9 Å². The highest BCUT2D eigenvalue weighted by Crippen LogP contribution is 2.29. The van der Waals surface area contributed by atoms with Gasteiger partial charge in [-0.25, -0.2) is 4.98 Å². The fourth-order valence-corrected chi connectivity index (χ4v) is 3.01. The molecule has 2 heterocycles. The number of benzene rings is 2. The number of primary amides is 1. The Bertz CT molecular complexity index is 1270. The average Bonchev–Trinajstić information content (AvgIpc) is 3.21. The van der Waals surface area contributed by atoms with Crippen molar-refractivity contribution in [2.75, 3.05) is 17.7 Å². The number of aromatic amines is 1. The molecule has 0 spiro atoms. The van der Waals surface area contributed by atoms with Crippen molar-refractivity contribution < 1.29 is 22.8 Å². The molecule has 0 atom stereocenters. The normalized spacial score (nSPS) is 10.8. The number of carbonyl (C=O) groups is 2. The van der Waals surface area contributed by atoms with Crippen LogP contribution < -0.4 is 16.4 Å².